The lowest BCUT2D eigenvalue weighted by molar-refractivity contribution is -0.274. The number of carbonyl (C=O) groups is 1. The second-order valence-electron chi connectivity index (χ2n) is 5.71. The number of para-hydroxylation sites is 1. The first-order valence-corrected chi connectivity index (χ1v) is 8.00. The van der Waals surface area contributed by atoms with Crippen molar-refractivity contribution in [2.24, 2.45) is 0 Å². The van der Waals surface area contributed by atoms with E-state index >= 15 is 0 Å². The largest absolute Gasteiger partial charge is 0.573 e. The summed E-state index contributed by atoms with van der Waals surface area (Å²) in [6.07, 6.45) is -0.758. The molecule has 26 heavy (non-hydrogen) atoms. The summed E-state index contributed by atoms with van der Waals surface area (Å²) < 4.78 is 47.3. The van der Waals surface area contributed by atoms with Crippen molar-refractivity contribution in [3.63, 3.8) is 0 Å². The molecule has 0 N–H and O–H groups in total. The Hall–Kier alpha value is -2.84. The van der Waals surface area contributed by atoms with Crippen molar-refractivity contribution in [2.75, 3.05) is 13.1 Å². The molecule has 1 fully saturated rings. The molecule has 0 radical (unpaired) electrons. The highest BCUT2D eigenvalue weighted by molar-refractivity contribution is 5.97. The molecule has 1 saturated heterocycles. The summed E-state index contributed by atoms with van der Waals surface area (Å²) in [7, 11) is 0. The predicted molar refractivity (Wildman–Crippen MR) is 84.7 cm³/mol. The van der Waals surface area contributed by atoms with Crippen molar-refractivity contribution < 1.29 is 27.4 Å². The van der Waals surface area contributed by atoms with Gasteiger partial charge in [0.2, 0.25) is 0 Å². The van der Waals surface area contributed by atoms with Gasteiger partial charge in [-0.2, -0.15) is 0 Å². The third-order valence-corrected chi connectivity index (χ3v) is 3.82. The van der Waals surface area contributed by atoms with Crippen LogP contribution in [-0.2, 0) is 0 Å². The van der Waals surface area contributed by atoms with Gasteiger partial charge in [0.05, 0.1) is 12.1 Å². The zero-order valence-corrected chi connectivity index (χ0v) is 13.6. The van der Waals surface area contributed by atoms with Crippen LogP contribution >= 0.6 is 0 Å². The number of carbonyl (C=O) groups excluding carboxylic acids is 1. The molecule has 6 nitrogen and oxygen atoms in total. The molecule has 1 aromatic carbocycles. The normalized spacial score (nSPS) is 17.7. The molecule has 3 rings (SSSR count). The number of benzene rings is 1. The Bertz CT molecular complexity index is 756. The first-order chi connectivity index (χ1) is 12.4. The maximum Gasteiger partial charge on any atom is 0.573 e. The summed E-state index contributed by atoms with van der Waals surface area (Å²) in [4.78, 5) is 22.1. The average Bonchev–Trinajstić information content (AvgIpc) is 2.61. The van der Waals surface area contributed by atoms with Crippen molar-refractivity contribution in [3.8, 4) is 11.8 Å². The number of nitrogens with zero attached hydrogens (tertiary/aromatic N) is 3. The quantitative estimate of drug-likeness (QED) is 0.831. The Balaban J connectivity index is 1.72. The van der Waals surface area contributed by atoms with Gasteiger partial charge in [0, 0.05) is 18.9 Å². The Kier molecular flexibility index (Phi) is 5.24. The molecule has 1 aliphatic heterocycles. The fourth-order valence-corrected chi connectivity index (χ4v) is 2.74. The lowest BCUT2D eigenvalue weighted by atomic mass is 10.1. The Morgan fingerprint density at radius 2 is 1.88 bits per heavy atom. The molecule has 2 heterocycles. The first-order valence-electron chi connectivity index (χ1n) is 8.00. The van der Waals surface area contributed by atoms with Gasteiger partial charge in [-0.25, -0.2) is 9.97 Å². The highest BCUT2D eigenvalue weighted by Crippen LogP contribution is 2.28. The monoisotopic (exact) mass is 367 g/mol. The third-order valence-electron chi connectivity index (χ3n) is 3.82. The van der Waals surface area contributed by atoms with E-state index in [1.807, 2.05) is 0 Å². The fraction of sp³-hybridized carbons (Fsp3) is 0.353. The SMILES string of the molecule is O=C(c1ccccc1OC(F)(F)F)N1CCCC(Oc2ncccn2)C1. The van der Waals surface area contributed by atoms with E-state index in [1.54, 1.807) is 18.5 Å². The summed E-state index contributed by atoms with van der Waals surface area (Å²) in [6, 6.07) is 7.16. The summed E-state index contributed by atoms with van der Waals surface area (Å²) in [5.74, 6) is -1.05. The first kappa shape index (κ1) is 18.0. The van der Waals surface area contributed by atoms with Crippen molar-refractivity contribution in [3.05, 3.63) is 48.3 Å². The Morgan fingerprint density at radius 3 is 2.62 bits per heavy atom. The minimum Gasteiger partial charge on any atom is -0.458 e. The lowest BCUT2D eigenvalue weighted by Gasteiger charge is -2.32. The number of likely N-dealkylation sites (tertiary alicyclic amines) is 1. The molecule has 9 heteroatoms. The van der Waals surface area contributed by atoms with Crippen LogP contribution in [0.2, 0.25) is 0 Å². The average molecular weight is 367 g/mol. The minimum atomic E-state index is -4.87. The molecule has 1 aliphatic rings. The second kappa shape index (κ2) is 7.59. The van der Waals surface area contributed by atoms with E-state index in [2.05, 4.69) is 14.7 Å². The zero-order valence-electron chi connectivity index (χ0n) is 13.6. The summed E-state index contributed by atoms with van der Waals surface area (Å²) in [5.41, 5.74) is -0.138. The van der Waals surface area contributed by atoms with Crippen molar-refractivity contribution in [1.29, 1.82) is 0 Å². The van der Waals surface area contributed by atoms with E-state index in [4.69, 9.17) is 4.74 Å². The van der Waals surface area contributed by atoms with Gasteiger partial charge in [-0.3, -0.25) is 4.79 Å². The van der Waals surface area contributed by atoms with E-state index < -0.39 is 18.0 Å². The minimum absolute atomic E-state index is 0.138. The number of amides is 1. The fourth-order valence-electron chi connectivity index (χ4n) is 2.74. The van der Waals surface area contributed by atoms with Gasteiger partial charge in [-0.15, -0.1) is 13.2 Å². The van der Waals surface area contributed by atoms with E-state index in [1.165, 1.54) is 23.1 Å². The van der Waals surface area contributed by atoms with Crippen LogP contribution < -0.4 is 9.47 Å². The van der Waals surface area contributed by atoms with Crippen LogP contribution in [0.25, 0.3) is 0 Å². The topological polar surface area (TPSA) is 64.5 Å². The molecule has 0 spiro atoms. The maximum atomic E-state index is 12.7. The predicted octanol–water partition coefficient (Wildman–Crippen LogP) is 3.06. The molecule has 0 bridgehead atoms. The number of piperidine rings is 1. The van der Waals surface area contributed by atoms with Crippen LogP contribution in [0.5, 0.6) is 11.8 Å². The molecule has 2 aromatic rings. The molecule has 1 aromatic heterocycles. The molecular formula is C17H16F3N3O3. The highest BCUT2D eigenvalue weighted by Gasteiger charge is 2.34. The maximum absolute atomic E-state index is 12.7. The molecule has 1 atom stereocenters. The molecule has 1 amide bonds. The van der Waals surface area contributed by atoms with Crippen molar-refractivity contribution in [1.82, 2.24) is 14.9 Å². The number of halogens is 3. The third kappa shape index (κ3) is 4.62. The second-order valence-corrected chi connectivity index (χ2v) is 5.71. The molecule has 1 unspecified atom stereocenters. The van der Waals surface area contributed by atoms with Gasteiger partial charge in [0.15, 0.2) is 0 Å². The van der Waals surface area contributed by atoms with Crippen LogP contribution in [0, 0.1) is 0 Å². The smallest absolute Gasteiger partial charge is 0.458 e. The summed E-state index contributed by atoms with van der Waals surface area (Å²) in [6.45, 7) is 0.659. The van der Waals surface area contributed by atoms with Gasteiger partial charge < -0.3 is 14.4 Å². The lowest BCUT2D eigenvalue weighted by Crippen LogP contribution is -2.44. The number of aromatic nitrogens is 2. The number of rotatable bonds is 4. The van der Waals surface area contributed by atoms with Gasteiger partial charge >= 0.3 is 12.4 Å². The van der Waals surface area contributed by atoms with Crippen LogP contribution in [0.3, 0.4) is 0 Å². The number of ether oxygens (including phenoxy) is 2. The van der Waals surface area contributed by atoms with Gasteiger partial charge in [-0.05, 0) is 31.0 Å². The zero-order chi connectivity index (χ0) is 18.6. The Labute approximate surface area is 147 Å². The number of hydrogen-bond donors (Lipinski definition) is 0. The number of hydrogen-bond acceptors (Lipinski definition) is 5. The van der Waals surface area contributed by atoms with Crippen molar-refractivity contribution in [2.45, 2.75) is 25.3 Å². The molecular weight excluding hydrogens is 351 g/mol. The molecule has 0 saturated carbocycles. The van der Waals surface area contributed by atoms with Crippen LogP contribution in [0.4, 0.5) is 13.2 Å². The van der Waals surface area contributed by atoms with Crippen LogP contribution in [0.15, 0.2) is 42.7 Å². The number of alkyl halides is 3. The molecule has 0 aliphatic carbocycles. The van der Waals surface area contributed by atoms with E-state index in [-0.39, 0.29) is 24.2 Å². The van der Waals surface area contributed by atoms with E-state index in [9.17, 15) is 18.0 Å². The van der Waals surface area contributed by atoms with Crippen molar-refractivity contribution >= 4 is 5.91 Å². The van der Waals surface area contributed by atoms with E-state index in [0.29, 0.717) is 19.4 Å². The van der Waals surface area contributed by atoms with Crippen LogP contribution in [0.1, 0.15) is 23.2 Å². The van der Waals surface area contributed by atoms with Gasteiger partial charge in [0.25, 0.3) is 5.91 Å². The van der Waals surface area contributed by atoms with Gasteiger partial charge in [0.1, 0.15) is 11.9 Å². The van der Waals surface area contributed by atoms with Crippen LogP contribution in [-0.4, -0.2) is 46.3 Å². The standard InChI is InChI=1S/C17H16F3N3O3/c18-17(19,20)26-14-7-2-1-6-13(14)15(24)23-10-3-5-12(11-23)25-16-21-8-4-9-22-16/h1-2,4,6-9,12H,3,5,10-11H2. The Morgan fingerprint density at radius 1 is 1.15 bits per heavy atom. The van der Waals surface area contributed by atoms with E-state index in [0.717, 1.165) is 6.07 Å². The highest BCUT2D eigenvalue weighted by atomic mass is 19.4. The van der Waals surface area contributed by atoms with Gasteiger partial charge in [-0.1, -0.05) is 12.1 Å². The molecule has 138 valence electrons. The summed E-state index contributed by atoms with van der Waals surface area (Å²) >= 11 is 0. The summed E-state index contributed by atoms with van der Waals surface area (Å²) in [5, 5.41) is 0.